The fraction of sp³-hybridized carbons (Fsp3) is 0.167. The number of carbonyl (C=O) groups is 1. The van der Waals surface area contributed by atoms with Crippen LogP contribution in [0.15, 0.2) is 30.0 Å². The van der Waals surface area contributed by atoms with Gasteiger partial charge in [-0.2, -0.15) is 0 Å². The van der Waals surface area contributed by atoms with Crippen LogP contribution in [-0.4, -0.2) is 34.9 Å². The van der Waals surface area contributed by atoms with Crippen molar-refractivity contribution < 1.29 is 4.79 Å². The Hall–Kier alpha value is -1.39. The fourth-order valence-electron chi connectivity index (χ4n) is 1.63. The lowest BCUT2D eigenvalue weighted by Gasteiger charge is -2.11. The fourth-order valence-corrected chi connectivity index (χ4v) is 2.00. The number of hydrogen-bond acceptors (Lipinski definition) is 2. The first-order valence-corrected chi connectivity index (χ1v) is 5.83. The SMILES string of the molecule is CN1C(=O)C(=Cc2ccccc2Cl)N(C)C1=S. The number of rotatable bonds is 1. The molecule has 1 aliphatic heterocycles. The van der Waals surface area contributed by atoms with Gasteiger partial charge < -0.3 is 4.90 Å². The normalized spacial score (nSPS) is 18.4. The monoisotopic (exact) mass is 266 g/mol. The molecule has 0 spiro atoms. The van der Waals surface area contributed by atoms with Gasteiger partial charge >= 0.3 is 0 Å². The zero-order valence-corrected chi connectivity index (χ0v) is 11.0. The summed E-state index contributed by atoms with van der Waals surface area (Å²) in [5.41, 5.74) is 1.34. The van der Waals surface area contributed by atoms with Crippen molar-refractivity contribution in [2.24, 2.45) is 0 Å². The Bertz CT molecular complexity index is 527. The van der Waals surface area contributed by atoms with Crippen LogP contribution in [-0.2, 0) is 4.79 Å². The summed E-state index contributed by atoms with van der Waals surface area (Å²) < 4.78 is 0. The summed E-state index contributed by atoms with van der Waals surface area (Å²) in [6.07, 6.45) is 1.75. The molecule has 0 aliphatic carbocycles. The molecule has 88 valence electrons. The maximum Gasteiger partial charge on any atom is 0.276 e. The van der Waals surface area contributed by atoms with Gasteiger partial charge in [-0.05, 0) is 29.9 Å². The predicted molar refractivity (Wildman–Crippen MR) is 72.6 cm³/mol. The minimum atomic E-state index is -0.114. The van der Waals surface area contributed by atoms with Crippen LogP contribution in [0.25, 0.3) is 6.08 Å². The van der Waals surface area contributed by atoms with Crippen LogP contribution in [0.1, 0.15) is 5.56 Å². The third-order valence-electron chi connectivity index (χ3n) is 2.66. The van der Waals surface area contributed by atoms with Crippen LogP contribution in [0.4, 0.5) is 0 Å². The molecule has 5 heteroatoms. The number of benzene rings is 1. The van der Waals surface area contributed by atoms with Gasteiger partial charge in [0.15, 0.2) is 5.11 Å². The highest BCUT2D eigenvalue weighted by atomic mass is 35.5. The van der Waals surface area contributed by atoms with E-state index in [1.165, 1.54) is 4.90 Å². The Kier molecular flexibility index (Phi) is 3.17. The second-order valence-corrected chi connectivity index (χ2v) is 4.53. The Balaban J connectivity index is 2.45. The van der Waals surface area contributed by atoms with Gasteiger partial charge in [-0.15, -0.1) is 0 Å². The summed E-state index contributed by atoms with van der Waals surface area (Å²) in [6, 6.07) is 7.37. The van der Waals surface area contributed by atoms with E-state index >= 15 is 0 Å². The van der Waals surface area contributed by atoms with Crippen LogP contribution in [0.2, 0.25) is 5.02 Å². The lowest BCUT2D eigenvalue weighted by molar-refractivity contribution is -0.121. The highest BCUT2D eigenvalue weighted by molar-refractivity contribution is 7.80. The van der Waals surface area contributed by atoms with Crippen molar-refractivity contribution in [3.8, 4) is 0 Å². The predicted octanol–water partition coefficient (Wildman–Crippen LogP) is 2.37. The number of carbonyl (C=O) groups excluding carboxylic acids is 1. The van der Waals surface area contributed by atoms with Gasteiger partial charge in [0, 0.05) is 19.1 Å². The molecule has 17 heavy (non-hydrogen) atoms. The molecule has 2 rings (SSSR count). The molecule has 1 heterocycles. The largest absolute Gasteiger partial charge is 0.317 e. The van der Waals surface area contributed by atoms with E-state index in [1.54, 1.807) is 31.1 Å². The number of likely N-dealkylation sites (N-methyl/N-ethyl adjacent to an activating group) is 2. The molecule has 0 radical (unpaired) electrons. The smallest absolute Gasteiger partial charge is 0.276 e. The number of nitrogens with zero attached hydrogens (tertiary/aromatic N) is 2. The van der Waals surface area contributed by atoms with Gasteiger partial charge in [-0.25, -0.2) is 0 Å². The Morgan fingerprint density at radius 3 is 2.41 bits per heavy atom. The van der Waals surface area contributed by atoms with Gasteiger partial charge in [0.25, 0.3) is 5.91 Å². The molecule has 0 bridgehead atoms. The van der Waals surface area contributed by atoms with Gasteiger partial charge in [0.05, 0.1) is 0 Å². The number of thiocarbonyl (C=S) groups is 1. The lowest BCUT2D eigenvalue weighted by atomic mass is 10.2. The molecule has 0 atom stereocenters. The van der Waals surface area contributed by atoms with Crippen LogP contribution in [0, 0.1) is 0 Å². The van der Waals surface area contributed by atoms with Crippen LogP contribution in [0.5, 0.6) is 0 Å². The second kappa shape index (κ2) is 4.47. The maximum atomic E-state index is 11.9. The van der Waals surface area contributed by atoms with Crippen LogP contribution < -0.4 is 0 Å². The van der Waals surface area contributed by atoms with Crippen molar-refractivity contribution in [2.75, 3.05) is 14.1 Å². The molecule has 3 nitrogen and oxygen atoms in total. The van der Waals surface area contributed by atoms with E-state index in [2.05, 4.69) is 0 Å². The van der Waals surface area contributed by atoms with Crippen molar-refractivity contribution in [2.45, 2.75) is 0 Å². The van der Waals surface area contributed by atoms with E-state index in [9.17, 15) is 4.79 Å². The molecular formula is C12H11ClN2OS. The minimum absolute atomic E-state index is 0.114. The van der Waals surface area contributed by atoms with E-state index in [0.717, 1.165) is 5.56 Å². The average Bonchev–Trinajstić information content (AvgIpc) is 2.50. The van der Waals surface area contributed by atoms with E-state index in [1.807, 2.05) is 18.2 Å². The molecule has 1 amide bonds. The molecular weight excluding hydrogens is 256 g/mol. The Labute approximate surface area is 110 Å². The van der Waals surface area contributed by atoms with Crippen molar-refractivity contribution >= 4 is 40.9 Å². The summed E-state index contributed by atoms with van der Waals surface area (Å²) >= 11 is 11.2. The molecule has 0 N–H and O–H groups in total. The highest BCUT2D eigenvalue weighted by Crippen LogP contribution is 2.24. The first kappa shape index (κ1) is 12.1. The summed E-state index contributed by atoms with van der Waals surface area (Å²) in [4.78, 5) is 15.1. The average molecular weight is 267 g/mol. The topological polar surface area (TPSA) is 23.6 Å². The summed E-state index contributed by atoms with van der Waals surface area (Å²) in [7, 11) is 3.43. The van der Waals surface area contributed by atoms with Crippen molar-refractivity contribution in [3.63, 3.8) is 0 Å². The van der Waals surface area contributed by atoms with E-state index in [0.29, 0.717) is 15.8 Å². The summed E-state index contributed by atoms with van der Waals surface area (Å²) in [6.45, 7) is 0. The molecule has 1 aliphatic rings. The number of halogens is 1. The highest BCUT2D eigenvalue weighted by Gasteiger charge is 2.32. The first-order chi connectivity index (χ1) is 8.02. The van der Waals surface area contributed by atoms with Crippen molar-refractivity contribution in [3.05, 3.63) is 40.5 Å². The molecule has 1 aromatic rings. The first-order valence-electron chi connectivity index (χ1n) is 5.04. The lowest BCUT2D eigenvalue weighted by Crippen LogP contribution is -2.26. The molecule has 0 unspecified atom stereocenters. The van der Waals surface area contributed by atoms with Crippen molar-refractivity contribution in [1.29, 1.82) is 0 Å². The van der Waals surface area contributed by atoms with Crippen LogP contribution >= 0.6 is 23.8 Å². The van der Waals surface area contributed by atoms with Gasteiger partial charge in [0.1, 0.15) is 5.70 Å². The van der Waals surface area contributed by atoms with E-state index < -0.39 is 0 Å². The summed E-state index contributed by atoms with van der Waals surface area (Å²) in [5, 5.41) is 1.11. The Morgan fingerprint density at radius 2 is 1.88 bits per heavy atom. The van der Waals surface area contributed by atoms with Gasteiger partial charge in [-0.3, -0.25) is 9.69 Å². The molecule has 1 fully saturated rings. The standard InChI is InChI=1S/C12H11ClN2OS/c1-14-10(11(16)15(2)12(14)17)7-8-5-3-4-6-9(8)13/h3-7H,1-2H3. The third kappa shape index (κ3) is 2.06. The van der Waals surface area contributed by atoms with Gasteiger partial charge in [-0.1, -0.05) is 29.8 Å². The molecule has 0 saturated carbocycles. The van der Waals surface area contributed by atoms with Gasteiger partial charge in [0.2, 0.25) is 0 Å². The second-order valence-electron chi connectivity index (χ2n) is 3.76. The molecule has 1 aromatic carbocycles. The maximum absolute atomic E-state index is 11.9. The molecule has 0 aromatic heterocycles. The van der Waals surface area contributed by atoms with E-state index in [-0.39, 0.29) is 5.91 Å². The minimum Gasteiger partial charge on any atom is -0.317 e. The Morgan fingerprint density at radius 1 is 1.24 bits per heavy atom. The van der Waals surface area contributed by atoms with Crippen LogP contribution in [0.3, 0.4) is 0 Å². The van der Waals surface area contributed by atoms with Crippen molar-refractivity contribution in [1.82, 2.24) is 9.80 Å². The quantitative estimate of drug-likeness (QED) is 0.576. The summed E-state index contributed by atoms with van der Waals surface area (Å²) in [5.74, 6) is -0.114. The number of amides is 1. The van der Waals surface area contributed by atoms with E-state index in [4.69, 9.17) is 23.8 Å². The third-order valence-corrected chi connectivity index (χ3v) is 3.55. The zero-order valence-electron chi connectivity index (χ0n) is 9.48. The zero-order chi connectivity index (χ0) is 12.6. The molecule has 1 saturated heterocycles. The number of hydrogen-bond donors (Lipinski definition) is 0.